The maximum absolute atomic E-state index is 13.0. The molecule has 116 valence electrons. The third kappa shape index (κ3) is 1.77. The van der Waals surface area contributed by atoms with Gasteiger partial charge in [0.05, 0.1) is 0 Å². The summed E-state index contributed by atoms with van der Waals surface area (Å²) in [5.41, 5.74) is 4.01. The first-order valence-corrected chi connectivity index (χ1v) is 8.94. The van der Waals surface area contributed by atoms with Gasteiger partial charge in [-0.3, -0.25) is 4.79 Å². The molecule has 1 heteroatoms. The number of benzene rings is 2. The van der Waals surface area contributed by atoms with E-state index in [1.165, 1.54) is 33.9 Å². The molecular weight excluding hydrogens is 280 g/mol. The van der Waals surface area contributed by atoms with Crippen molar-refractivity contribution in [2.45, 2.75) is 39.0 Å². The third-order valence-electron chi connectivity index (χ3n) is 6.59. The molecule has 2 bridgehead atoms. The van der Waals surface area contributed by atoms with Crippen molar-refractivity contribution in [3.05, 3.63) is 59.2 Å². The number of Topliss-reactive ketones (excluding diaryl/α,β-unsaturated/α-hetero) is 1. The number of hydrogen-bond acceptors (Lipinski definition) is 1. The van der Waals surface area contributed by atoms with Gasteiger partial charge < -0.3 is 0 Å². The Bertz CT molecular complexity index is 860. The molecule has 3 unspecified atom stereocenters. The Balaban J connectivity index is 1.65. The van der Waals surface area contributed by atoms with Crippen LogP contribution < -0.4 is 0 Å². The molecule has 0 saturated heterocycles. The minimum Gasteiger partial charge on any atom is -0.299 e. The van der Waals surface area contributed by atoms with Gasteiger partial charge in [0, 0.05) is 11.8 Å². The Morgan fingerprint density at radius 2 is 2.09 bits per heavy atom. The van der Waals surface area contributed by atoms with Crippen molar-refractivity contribution in [1.82, 2.24) is 0 Å². The first kappa shape index (κ1) is 13.5. The topological polar surface area (TPSA) is 17.1 Å². The lowest BCUT2D eigenvalue weighted by Crippen LogP contribution is -2.41. The number of carbonyl (C=O) groups is 1. The van der Waals surface area contributed by atoms with E-state index in [1.54, 1.807) is 0 Å². The summed E-state index contributed by atoms with van der Waals surface area (Å²) >= 11 is 0. The van der Waals surface area contributed by atoms with Crippen LogP contribution in [0.1, 0.15) is 36.5 Å². The van der Waals surface area contributed by atoms with Gasteiger partial charge in [-0.05, 0) is 65.0 Å². The van der Waals surface area contributed by atoms with E-state index in [-0.39, 0.29) is 5.41 Å². The predicted molar refractivity (Wildman–Crippen MR) is 93.5 cm³/mol. The molecule has 0 N–H and O–H groups in total. The average Bonchev–Trinajstić information content (AvgIpc) is 3.15. The molecule has 3 aliphatic carbocycles. The molecule has 2 aromatic carbocycles. The minimum absolute atomic E-state index is 0.0809. The van der Waals surface area contributed by atoms with Crippen molar-refractivity contribution in [2.24, 2.45) is 17.3 Å². The second-order valence-electron chi connectivity index (χ2n) is 7.74. The lowest BCUT2D eigenvalue weighted by atomic mass is 9.63. The van der Waals surface area contributed by atoms with Gasteiger partial charge in [-0.2, -0.15) is 0 Å². The fourth-order valence-corrected chi connectivity index (χ4v) is 5.39. The molecule has 0 aromatic heterocycles. The number of ketones is 1. The molecule has 1 spiro atoms. The third-order valence-corrected chi connectivity index (χ3v) is 6.59. The van der Waals surface area contributed by atoms with Gasteiger partial charge in [-0.25, -0.2) is 0 Å². The van der Waals surface area contributed by atoms with Gasteiger partial charge in [0.25, 0.3) is 0 Å². The molecule has 3 atom stereocenters. The first-order valence-electron chi connectivity index (χ1n) is 8.94. The van der Waals surface area contributed by atoms with Crippen LogP contribution in [-0.4, -0.2) is 5.78 Å². The zero-order chi connectivity index (χ0) is 15.6. The number of allylic oxidation sites excluding steroid dienone is 2. The van der Waals surface area contributed by atoms with Crippen LogP contribution in [0.15, 0.2) is 42.5 Å². The van der Waals surface area contributed by atoms with Crippen LogP contribution in [0.5, 0.6) is 0 Å². The Morgan fingerprint density at radius 3 is 2.83 bits per heavy atom. The zero-order valence-corrected chi connectivity index (χ0v) is 13.6. The summed E-state index contributed by atoms with van der Waals surface area (Å²) < 4.78 is 0. The summed E-state index contributed by atoms with van der Waals surface area (Å²) in [6.07, 6.45) is 9.59. The largest absolute Gasteiger partial charge is 0.299 e. The fraction of sp³-hybridized carbons (Fsp3) is 0.409. The molecule has 0 amide bonds. The molecule has 1 nitrogen and oxygen atoms in total. The van der Waals surface area contributed by atoms with Crippen molar-refractivity contribution >= 4 is 16.6 Å². The molecule has 1 saturated carbocycles. The number of rotatable bonds is 1. The Morgan fingerprint density at radius 1 is 1.17 bits per heavy atom. The summed E-state index contributed by atoms with van der Waals surface area (Å²) in [4.78, 5) is 13.0. The summed E-state index contributed by atoms with van der Waals surface area (Å²) in [6.45, 7) is 2.20. The zero-order valence-electron chi connectivity index (χ0n) is 13.6. The highest BCUT2D eigenvalue weighted by Crippen LogP contribution is 2.56. The van der Waals surface area contributed by atoms with Gasteiger partial charge in [0.15, 0.2) is 0 Å². The maximum atomic E-state index is 13.0. The molecule has 5 rings (SSSR count). The molecule has 0 aliphatic heterocycles. The number of fused-ring (bicyclic) bond motifs is 5. The summed E-state index contributed by atoms with van der Waals surface area (Å²) in [7, 11) is 0. The highest BCUT2D eigenvalue weighted by molar-refractivity contribution is 5.94. The Labute approximate surface area is 137 Å². The van der Waals surface area contributed by atoms with Gasteiger partial charge in [0.2, 0.25) is 0 Å². The molecule has 1 fully saturated rings. The van der Waals surface area contributed by atoms with Crippen LogP contribution in [0.25, 0.3) is 10.8 Å². The van der Waals surface area contributed by atoms with E-state index < -0.39 is 0 Å². The SMILES string of the molecule is CCc1cccc2cc3c(cc12)CC(=O)C1(C3)CC2C=CC1C2. The molecule has 2 aromatic rings. The fourth-order valence-electron chi connectivity index (χ4n) is 5.39. The molecule has 23 heavy (non-hydrogen) atoms. The predicted octanol–water partition coefficient (Wildman–Crippen LogP) is 4.65. The summed E-state index contributed by atoms with van der Waals surface area (Å²) in [6, 6.07) is 11.3. The highest BCUT2D eigenvalue weighted by atomic mass is 16.1. The van der Waals surface area contributed by atoms with E-state index in [4.69, 9.17) is 0 Å². The number of aryl methyl sites for hydroxylation is 1. The molecular formula is C22H22O. The van der Waals surface area contributed by atoms with Crippen LogP contribution in [-0.2, 0) is 24.1 Å². The van der Waals surface area contributed by atoms with Crippen LogP contribution in [0.4, 0.5) is 0 Å². The second kappa shape index (κ2) is 4.56. The highest BCUT2D eigenvalue weighted by Gasteiger charge is 2.54. The lowest BCUT2D eigenvalue weighted by molar-refractivity contribution is -0.130. The quantitative estimate of drug-likeness (QED) is 0.701. The first-order chi connectivity index (χ1) is 11.2. The van der Waals surface area contributed by atoms with E-state index in [1.807, 2.05) is 0 Å². The van der Waals surface area contributed by atoms with Crippen molar-refractivity contribution in [3.8, 4) is 0 Å². The smallest absolute Gasteiger partial charge is 0.144 e. The molecule has 3 aliphatic rings. The van der Waals surface area contributed by atoms with E-state index in [9.17, 15) is 4.79 Å². The molecule has 0 radical (unpaired) electrons. The van der Waals surface area contributed by atoms with Gasteiger partial charge in [-0.15, -0.1) is 0 Å². The average molecular weight is 302 g/mol. The minimum atomic E-state index is -0.0809. The lowest BCUT2D eigenvalue weighted by Gasteiger charge is -2.38. The van der Waals surface area contributed by atoms with E-state index in [2.05, 4.69) is 49.4 Å². The van der Waals surface area contributed by atoms with Crippen molar-refractivity contribution in [2.75, 3.05) is 0 Å². The van der Waals surface area contributed by atoms with Crippen LogP contribution >= 0.6 is 0 Å². The number of hydrogen-bond donors (Lipinski definition) is 0. The van der Waals surface area contributed by atoms with Crippen molar-refractivity contribution < 1.29 is 4.79 Å². The van der Waals surface area contributed by atoms with Gasteiger partial charge in [-0.1, -0.05) is 49.4 Å². The van der Waals surface area contributed by atoms with Crippen molar-refractivity contribution in [1.29, 1.82) is 0 Å². The normalized spacial score (nSPS) is 31.3. The van der Waals surface area contributed by atoms with Crippen LogP contribution in [0.2, 0.25) is 0 Å². The summed E-state index contributed by atoms with van der Waals surface area (Å²) in [5.74, 6) is 1.64. The van der Waals surface area contributed by atoms with Gasteiger partial charge in [0.1, 0.15) is 5.78 Å². The van der Waals surface area contributed by atoms with Crippen molar-refractivity contribution in [3.63, 3.8) is 0 Å². The standard InChI is InChI=1S/C22H22O/c1-2-15-4-3-5-16-9-18-13-22(12-14-6-7-19(22)8-14)21(23)11-17(18)10-20(15)16/h3-7,9-10,14,19H,2,8,11-13H2,1H3. The van der Waals surface area contributed by atoms with E-state index in [0.717, 1.165) is 19.3 Å². The Hall–Kier alpha value is -1.89. The summed E-state index contributed by atoms with van der Waals surface area (Å²) in [5, 5.41) is 2.68. The van der Waals surface area contributed by atoms with Gasteiger partial charge >= 0.3 is 0 Å². The van der Waals surface area contributed by atoms with Crippen LogP contribution in [0.3, 0.4) is 0 Å². The number of carbonyl (C=O) groups excluding carboxylic acids is 1. The monoisotopic (exact) mass is 302 g/mol. The van der Waals surface area contributed by atoms with Crippen LogP contribution in [0, 0.1) is 17.3 Å². The second-order valence-corrected chi connectivity index (χ2v) is 7.74. The molecule has 0 heterocycles. The van der Waals surface area contributed by atoms with E-state index in [0.29, 0.717) is 24.0 Å². The maximum Gasteiger partial charge on any atom is 0.144 e. The van der Waals surface area contributed by atoms with E-state index >= 15 is 0 Å². The Kier molecular flexibility index (Phi) is 2.69.